The number of nitrogens with one attached hydrogen (secondary N) is 1. The number of anilines is 2. The molecule has 2 amide bonds. The summed E-state index contributed by atoms with van der Waals surface area (Å²) in [5, 5.41) is 3.31. The Hall–Kier alpha value is -5.11. The number of likely N-dealkylation sites (tertiary alicyclic amines) is 1. The summed E-state index contributed by atoms with van der Waals surface area (Å²) in [4.78, 5) is 50.0. The molecule has 1 N–H and O–H groups in total. The molecule has 14 heteroatoms. The highest BCUT2D eigenvalue weighted by Gasteiger charge is 2.28. The van der Waals surface area contributed by atoms with E-state index in [9.17, 15) is 23.2 Å². The molecule has 2 aromatic carbocycles. The number of carbonyl (C=O) groups is 3. The van der Waals surface area contributed by atoms with Gasteiger partial charge in [-0.15, -0.1) is 0 Å². The van der Waals surface area contributed by atoms with Gasteiger partial charge in [0.2, 0.25) is 5.91 Å². The molecule has 3 heterocycles. The number of aryl methyl sites for hydroxylation is 1. The lowest BCUT2D eigenvalue weighted by Gasteiger charge is -2.34. The first-order valence-electron chi connectivity index (χ1n) is 17.0. The number of quaternary nitrogens is 1. The number of aromatic nitrogens is 3. The van der Waals surface area contributed by atoms with Gasteiger partial charge in [-0.3, -0.25) is 18.8 Å². The number of amides is 2. The Bertz CT molecular complexity index is 1820. The number of hydrogen-bond acceptors (Lipinski definition) is 8. The van der Waals surface area contributed by atoms with Crippen LogP contribution in [0.5, 0.6) is 5.75 Å². The minimum Gasteiger partial charge on any atom is -0.458 e. The number of halogens is 2. The summed E-state index contributed by atoms with van der Waals surface area (Å²) in [5.74, 6) is 0.939. The predicted molar refractivity (Wildman–Crippen MR) is 189 cm³/mol. The summed E-state index contributed by atoms with van der Waals surface area (Å²) < 4.78 is 37.2. The van der Waals surface area contributed by atoms with Crippen LogP contribution in [0.2, 0.25) is 0 Å². The molecule has 5 rings (SSSR count). The average Bonchev–Trinajstić information content (AvgIpc) is 3.52. The summed E-state index contributed by atoms with van der Waals surface area (Å²) in [6.07, 6.45) is 7.41. The minimum atomic E-state index is -2.89. The number of fused-ring (bicyclic) bond motifs is 1. The van der Waals surface area contributed by atoms with Crippen molar-refractivity contribution in [2.45, 2.75) is 45.3 Å². The van der Waals surface area contributed by atoms with Gasteiger partial charge in [0.15, 0.2) is 17.6 Å². The maximum atomic E-state index is 13.4. The summed E-state index contributed by atoms with van der Waals surface area (Å²) in [5.41, 5.74) is 4.26. The highest BCUT2D eigenvalue weighted by atomic mass is 19.3. The van der Waals surface area contributed by atoms with Crippen molar-refractivity contribution in [2.75, 3.05) is 59.7 Å². The van der Waals surface area contributed by atoms with Crippen molar-refractivity contribution in [3.8, 4) is 17.0 Å². The fourth-order valence-corrected chi connectivity index (χ4v) is 6.47. The van der Waals surface area contributed by atoms with Gasteiger partial charge in [0.1, 0.15) is 12.3 Å². The van der Waals surface area contributed by atoms with Gasteiger partial charge in [0.05, 0.1) is 39.5 Å². The van der Waals surface area contributed by atoms with E-state index in [1.165, 1.54) is 12.1 Å². The number of benzene rings is 2. The molecule has 2 aromatic heterocycles. The Kier molecular flexibility index (Phi) is 11.9. The molecule has 12 nitrogen and oxygen atoms in total. The number of nitrogens with zero attached hydrogens (tertiary/aromatic N) is 6. The van der Waals surface area contributed by atoms with E-state index < -0.39 is 12.7 Å². The molecular weight excluding hydrogens is 660 g/mol. The minimum absolute atomic E-state index is 0.00405. The van der Waals surface area contributed by atoms with Crippen LogP contribution < -0.4 is 10.1 Å². The van der Waals surface area contributed by atoms with Crippen LogP contribution in [0.25, 0.3) is 16.9 Å². The van der Waals surface area contributed by atoms with E-state index >= 15 is 0 Å². The number of likely N-dealkylation sites (N-methyl/N-ethyl adjacent to an activating group) is 1. The third-order valence-electron chi connectivity index (χ3n) is 9.11. The standard InChI is InChI=1S/C37H45F2N7O5/c1-25-20-28(42-34-35-41-22-32(45(35)19-15-40-34)27-6-9-29(10-7-27)51-37(38)39)8-11-31(25)36(49)43(2)16-12-26-13-17-44(18-14-26)33(48)21-30(50-24-47)23-46(3,4)5/h6-11,15,19-20,22,24,26,30,37H,12-14,16-18,21,23H2,1-5H3/p+1. The maximum Gasteiger partial charge on any atom is 0.387 e. The van der Waals surface area contributed by atoms with Gasteiger partial charge in [0.25, 0.3) is 12.4 Å². The molecule has 4 aromatic rings. The van der Waals surface area contributed by atoms with Crippen LogP contribution in [-0.2, 0) is 14.3 Å². The smallest absolute Gasteiger partial charge is 0.387 e. The molecule has 0 spiro atoms. The molecule has 1 saturated heterocycles. The van der Waals surface area contributed by atoms with Crippen molar-refractivity contribution in [1.82, 2.24) is 24.2 Å². The first kappa shape index (κ1) is 37.2. The molecule has 0 bridgehead atoms. The first-order chi connectivity index (χ1) is 24.3. The molecule has 51 heavy (non-hydrogen) atoms. The van der Waals surface area contributed by atoms with Crippen LogP contribution in [0.15, 0.2) is 61.1 Å². The van der Waals surface area contributed by atoms with E-state index in [0.717, 1.165) is 41.8 Å². The fraction of sp³-hybridized carbons (Fsp3) is 0.432. The number of ether oxygens (including phenoxy) is 2. The second-order valence-electron chi connectivity index (χ2n) is 14.0. The number of rotatable bonds is 15. The largest absolute Gasteiger partial charge is 0.458 e. The molecule has 0 saturated carbocycles. The Morgan fingerprint density at radius 2 is 1.82 bits per heavy atom. The second kappa shape index (κ2) is 16.3. The van der Waals surface area contributed by atoms with Gasteiger partial charge in [-0.05, 0) is 80.1 Å². The zero-order chi connectivity index (χ0) is 36.7. The zero-order valence-corrected chi connectivity index (χ0v) is 29.7. The van der Waals surface area contributed by atoms with E-state index in [4.69, 9.17) is 4.74 Å². The summed E-state index contributed by atoms with van der Waals surface area (Å²) >= 11 is 0. The van der Waals surface area contributed by atoms with Crippen LogP contribution in [0, 0.1) is 12.8 Å². The third-order valence-corrected chi connectivity index (χ3v) is 9.11. The van der Waals surface area contributed by atoms with Crippen molar-refractivity contribution in [2.24, 2.45) is 5.92 Å². The Labute approximate surface area is 296 Å². The summed E-state index contributed by atoms with van der Waals surface area (Å²) in [6.45, 7) is 1.90. The van der Waals surface area contributed by atoms with Crippen LogP contribution >= 0.6 is 0 Å². The average molecular weight is 707 g/mol. The van der Waals surface area contributed by atoms with Crippen molar-refractivity contribution in [3.63, 3.8) is 0 Å². The molecule has 0 aliphatic carbocycles. The van der Waals surface area contributed by atoms with Gasteiger partial charge in [-0.2, -0.15) is 8.78 Å². The van der Waals surface area contributed by atoms with Crippen molar-refractivity contribution >= 4 is 35.4 Å². The molecule has 1 aliphatic heterocycles. The second-order valence-corrected chi connectivity index (χ2v) is 14.0. The van der Waals surface area contributed by atoms with Gasteiger partial charge in [-0.25, -0.2) is 9.97 Å². The lowest BCUT2D eigenvalue weighted by molar-refractivity contribution is -0.873. The number of carbonyl (C=O) groups excluding carboxylic acids is 3. The molecule has 1 fully saturated rings. The summed E-state index contributed by atoms with van der Waals surface area (Å²) in [6, 6.07) is 11.9. The maximum absolute atomic E-state index is 13.4. The zero-order valence-electron chi connectivity index (χ0n) is 29.7. The molecule has 0 radical (unpaired) electrons. The van der Waals surface area contributed by atoms with Crippen LogP contribution in [0.3, 0.4) is 0 Å². The molecular formula is C37H46F2N7O5+. The number of hydrogen-bond donors (Lipinski definition) is 1. The number of alkyl halides is 2. The Balaban J connectivity index is 1.14. The lowest BCUT2D eigenvalue weighted by Crippen LogP contribution is -2.46. The van der Waals surface area contributed by atoms with E-state index in [-0.39, 0.29) is 24.0 Å². The SMILES string of the molecule is Cc1cc(Nc2nccn3c(-c4ccc(OC(F)F)cc4)cnc23)ccc1C(=O)N(C)CCC1CCN(C(=O)CC(C[N+](C)(C)C)OC=O)CC1. The first-order valence-corrected chi connectivity index (χ1v) is 17.0. The van der Waals surface area contributed by atoms with E-state index in [1.54, 1.807) is 41.7 Å². The van der Waals surface area contributed by atoms with Crippen LogP contribution in [0.4, 0.5) is 20.3 Å². The van der Waals surface area contributed by atoms with Crippen molar-refractivity contribution in [3.05, 3.63) is 72.2 Å². The summed E-state index contributed by atoms with van der Waals surface area (Å²) in [7, 11) is 7.80. The lowest BCUT2D eigenvalue weighted by atomic mass is 9.93. The van der Waals surface area contributed by atoms with Crippen LogP contribution in [-0.4, -0.2) is 114 Å². The molecule has 1 atom stereocenters. The fourth-order valence-electron chi connectivity index (χ4n) is 6.47. The van der Waals surface area contributed by atoms with Gasteiger partial charge < -0.3 is 29.1 Å². The number of imidazole rings is 1. The van der Waals surface area contributed by atoms with Crippen molar-refractivity contribution in [1.29, 1.82) is 0 Å². The topological polar surface area (TPSA) is 118 Å². The Morgan fingerprint density at radius 3 is 2.47 bits per heavy atom. The molecule has 1 aliphatic rings. The van der Waals surface area contributed by atoms with Gasteiger partial charge in [0, 0.05) is 55.9 Å². The number of piperidine rings is 1. The third kappa shape index (κ3) is 9.78. The van der Waals surface area contributed by atoms with Gasteiger partial charge >= 0.3 is 6.61 Å². The normalized spacial score (nSPS) is 14.4. The van der Waals surface area contributed by atoms with Crippen LogP contribution in [0.1, 0.15) is 41.6 Å². The highest BCUT2D eigenvalue weighted by molar-refractivity contribution is 5.96. The van der Waals surface area contributed by atoms with Gasteiger partial charge in [-0.1, -0.05) is 0 Å². The Morgan fingerprint density at radius 1 is 1.10 bits per heavy atom. The molecule has 272 valence electrons. The van der Waals surface area contributed by atoms with E-state index in [0.29, 0.717) is 60.1 Å². The molecule has 1 unspecified atom stereocenters. The van der Waals surface area contributed by atoms with E-state index in [1.807, 2.05) is 56.5 Å². The monoisotopic (exact) mass is 706 g/mol. The highest BCUT2D eigenvalue weighted by Crippen LogP contribution is 2.28. The van der Waals surface area contributed by atoms with E-state index in [2.05, 4.69) is 20.0 Å². The van der Waals surface area contributed by atoms with Crippen molar-refractivity contribution < 1.29 is 37.1 Å². The quantitative estimate of drug-likeness (QED) is 0.129. The predicted octanol–water partition coefficient (Wildman–Crippen LogP) is 5.39.